The van der Waals surface area contributed by atoms with Crippen LogP contribution in [0.25, 0.3) is 0 Å². The van der Waals surface area contributed by atoms with Crippen molar-refractivity contribution in [1.82, 2.24) is 0 Å². The molecule has 0 aliphatic heterocycles. The molecule has 0 fully saturated rings. The van der Waals surface area contributed by atoms with E-state index in [-0.39, 0.29) is 0 Å². The van der Waals surface area contributed by atoms with Crippen LogP contribution in [0.15, 0.2) is 115 Å². The van der Waals surface area contributed by atoms with Crippen LogP contribution < -0.4 is 20.7 Å². The fraction of sp³-hybridized carbons (Fsp3) is 0.200. The van der Waals surface area contributed by atoms with Gasteiger partial charge in [0, 0.05) is 0 Å². The summed E-state index contributed by atoms with van der Waals surface area (Å²) >= 11 is 2.86. The Morgan fingerprint density at radius 1 is 0.618 bits per heavy atom. The number of hydrogen-bond donors (Lipinski definition) is 0. The van der Waals surface area contributed by atoms with Crippen LogP contribution in [0, 0.1) is 0 Å². The predicted octanol–water partition coefficient (Wildman–Crippen LogP) is 6.87. The molecule has 0 aliphatic rings. The molecule has 4 rings (SSSR count). The van der Waals surface area contributed by atoms with Crippen molar-refractivity contribution in [2.45, 2.75) is 19.4 Å². The second-order valence-corrected chi connectivity index (χ2v) is 19.3. The maximum absolute atomic E-state index is 6.03. The molecule has 176 valence electrons. The first-order valence-electron chi connectivity index (χ1n) is 11.8. The first-order chi connectivity index (χ1) is 16.6. The SMILES string of the molecule is COc1ccc(COCCCCP(I)(c2ccccc2)(c2ccccc2)c2ccccc2)cc1. The van der Waals surface area contributed by atoms with Gasteiger partial charge in [0.25, 0.3) is 0 Å². The monoisotopic (exact) mass is 582 g/mol. The van der Waals surface area contributed by atoms with Gasteiger partial charge in [-0.1, -0.05) is 0 Å². The summed E-state index contributed by atoms with van der Waals surface area (Å²) in [6.07, 6.45) is 3.24. The Labute approximate surface area is 216 Å². The summed E-state index contributed by atoms with van der Waals surface area (Å²) in [7, 11) is 1.69. The van der Waals surface area contributed by atoms with E-state index in [9.17, 15) is 0 Å². The molecule has 4 heteroatoms. The van der Waals surface area contributed by atoms with Crippen LogP contribution >= 0.6 is 26.3 Å². The number of methoxy groups -OCH3 is 1. The number of rotatable bonds is 11. The van der Waals surface area contributed by atoms with Gasteiger partial charge in [-0.05, 0) is 0 Å². The molecular weight excluding hydrogens is 550 g/mol. The maximum atomic E-state index is 6.03. The first-order valence-corrected chi connectivity index (χ1v) is 17.0. The molecule has 0 aromatic heterocycles. The number of hydrogen-bond acceptors (Lipinski definition) is 2. The van der Waals surface area contributed by atoms with Gasteiger partial charge in [-0.2, -0.15) is 0 Å². The van der Waals surface area contributed by atoms with E-state index in [4.69, 9.17) is 9.47 Å². The zero-order valence-electron chi connectivity index (χ0n) is 19.6. The summed E-state index contributed by atoms with van der Waals surface area (Å²) in [5, 5.41) is 4.31. The van der Waals surface area contributed by atoms with Crippen molar-refractivity contribution in [2.75, 3.05) is 19.9 Å². The minimum atomic E-state index is -2.67. The first kappa shape index (κ1) is 24.9. The molecule has 0 spiro atoms. The summed E-state index contributed by atoms with van der Waals surface area (Å²) < 4.78 is 8.60. The van der Waals surface area contributed by atoms with Crippen molar-refractivity contribution in [1.29, 1.82) is 0 Å². The third kappa shape index (κ3) is 5.22. The molecule has 0 heterocycles. The van der Waals surface area contributed by atoms with Gasteiger partial charge in [-0.3, -0.25) is 0 Å². The number of halogens is 1. The van der Waals surface area contributed by atoms with Crippen LogP contribution in [-0.2, 0) is 11.3 Å². The topological polar surface area (TPSA) is 18.5 Å². The van der Waals surface area contributed by atoms with Gasteiger partial charge >= 0.3 is 218 Å². The van der Waals surface area contributed by atoms with E-state index in [1.54, 1.807) is 7.11 Å². The minimum absolute atomic E-state index is 0.633. The van der Waals surface area contributed by atoms with Gasteiger partial charge in [-0.25, -0.2) is 0 Å². The van der Waals surface area contributed by atoms with Crippen LogP contribution in [0.3, 0.4) is 0 Å². The van der Waals surface area contributed by atoms with Crippen LogP contribution in [-0.4, -0.2) is 19.9 Å². The van der Waals surface area contributed by atoms with Gasteiger partial charge in [-0.15, -0.1) is 0 Å². The normalized spacial score (nSPS) is 12.6. The van der Waals surface area contributed by atoms with E-state index in [0.717, 1.165) is 31.4 Å². The van der Waals surface area contributed by atoms with Crippen molar-refractivity contribution >= 4 is 42.2 Å². The van der Waals surface area contributed by atoms with E-state index in [1.807, 2.05) is 12.1 Å². The van der Waals surface area contributed by atoms with Crippen molar-refractivity contribution in [3.05, 3.63) is 121 Å². The molecule has 0 unspecified atom stereocenters. The molecule has 0 aliphatic carbocycles. The molecule has 0 amide bonds. The molecule has 0 saturated heterocycles. The molecule has 0 bridgehead atoms. The quantitative estimate of drug-likeness (QED) is 0.109. The summed E-state index contributed by atoms with van der Waals surface area (Å²) in [5.74, 6) is 0.875. The summed E-state index contributed by atoms with van der Waals surface area (Å²) in [6.45, 7) is 1.39. The Hall–Kier alpha value is -2.20. The van der Waals surface area contributed by atoms with Crippen LogP contribution in [0.4, 0.5) is 0 Å². The Kier molecular flexibility index (Phi) is 8.41. The van der Waals surface area contributed by atoms with Crippen LogP contribution in [0.1, 0.15) is 18.4 Å². The zero-order chi connectivity index (χ0) is 23.7. The van der Waals surface area contributed by atoms with Crippen molar-refractivity contribution in [3.63, 3.8) is 0 Å². The number of unbranched alkanes of at least 4 members (excludes halogenated alkanes) is 1. The average Bonchev–Trinajstić information content (AvgIpc) is 2.92. The predicted molar refractivity (Wildman–Crippen MR) is 156 cm³/mol. The molecule has 0 N–H and O–H groups in total. The second-order valence-electron chi connectivity index (χ2n) is 8.52. The molecule has 4 aromatic carbocycles. The van der Waals surface area contributed by atoms with E-state index >= 15 is 0 Å². The van der Waals surface area contributed by atoms with Gasteiger partial charge < -0.3 is 0 Å². The Balaban J connectivity index is 1.54. The molecular formula is C30H32IO2P. The molecule has 0 atom stereocenters. The number of ether oxygens (including phenoxy) is 2. The van der Waals surface area contributed by atoms with Gasteiger partial charge in [0.05, 0.1) is 0 Å². The van der Waals surface area contributed by atoms with Crippen molar-refractivity contribution < 1.29 is 9.47 Å². The molecule has 4 aromatic rings. The Morgan fingerprint density at radius 3 is 1.53 bits per heavy atom. The fourth-order valence-corrected chi connectivity index (χ4v) is 13.4. The molecule has 34 heavy (non-hydrogen) atoms. The van der Waals surface area contributed by atoms with E-state index < -0.39 is 4.25 Å². The Bertz CT molecular complexity index is 1050. The van der Waals surface area contributed by atoms with Gasteiger partial charge in [0.15, 0.2) is 0 Å². The van der Waals surface area contributed by atoms with Gasteiger partial charge in [0.2, 0.25) is 0 Å². The average molecular weight is 582 g/mol. The van der Waals surface area contributed by atoms with E-state index in [1.165, 1.54) is 21.5 Å². The summed E-state index contributed by atoms with van der Waals surface area (Å²) in [6, 6.07) is 41.5. The third-order valence-electron chi connectivity index (χ3n) is 6.43. The number of benzene rings is 4. The second kappa shape index (κ2) is 11.5. The summed E-state index contributed by atoms with van der Waals surface area (Å²) in [5.41, 5.74) is 1.17. The molecule has 0 saturated carbocycles. The molecule has 0 radical (unpaired) electrons. The summed E-state index contributed by atoms with van der Waals surface area (Å²) in [4.78, 5) is 0. The van der Waals surface area contributed by atoms with E-state index in [0.29, 0.717) is 6.61 Å². The third-order valence-corrected chi connectivity index (χ3v) is 18.2. The van der Waals surface area contributed by atoms with E-state index in [2.05, 4.69) is 125 Å². The standard InChI is InChI=1S/C30H32IO2P/c1-32-27-21-19-26(20-22-27)25-33-23-11-12-24-34(31,28-13-5-2-6-14-28,29-15-7-3-8-16-29)30-17-9-4-10-18-30/h2-10,13-22H,11-12,23-25H2,1H3. The van der Waals surface area contributed by atoms with Crippen molar-refractivity contribution in [3.8, 4) is 5.75 Å². The van der Waals surface area contributed by atoms with Crippen molar-refractivity contribution in [2.24, 2.45) is 0 Å². The Morgan fingerprint density at radius 2 is 1.09 bits per heavy atom. The zero-order valence-corrected chi connectivity index (χ0v) is 22.7. The van der Waals surface area contributed by atoms with Crippen LogP contribution in [0.2, 0.25) is 0 Å². The molecule has 2 nitrogen and oxygen atoms in total. The van der Waals surface area contributed by atoms with Crippen LogP contribution in [0.5, 0.6) is 5.75 Å². The van der Waals surface area contributed by atoms with Gasteiger partial charge in [0.1, 0.15) is 0 Å². The fourth-order valence-electron chi connectivity index (χ4n) is 4.58.